The van der Waals surface area contributed by atoms with Crippen molar-refractivity contribution >= 4 is 0 Å². The van der Waals surface area contributed by atoms with Crippen LogP contribution in [0.15, 0.2) is 0 Å². The van der Waals surface area contributed by atoms with Gasteiger partial charge < -0.3 is 5.32 Å². The Labute approximate surface area is 75.9 Å². The maximum Gasteiger partial charge on any atom is 0.0100 e. The van der Waals surface area contributed by atoms with Crippen LogP contribution in [0.3, 0.4) is 0 Å². The van der Waals surface area contributed by atoms with Crippen LogP contribution in [0.1, 0.15) is 46.0 Å². The van der Waals surface area contributed by atoms with Gasteiger partial charge in [0.25, 0.3) is 0 Å². The van der Waals surface area contributed by atoms with Gasteiger partial charge in [-0.1, -0.05) is 33.1 Å². The standard InChI is InChI=1S/C11H21N/c1-8(2)12-11-7-6-10(11)9-4-3-5-9/h8-12H,3-7H2,1-2H3. The third-order valence-electron chi connectivity index (χ3n) is 3.63. The van der Waals surface area contributed by atoms with Gasteiger partial charge >= 0.3 is 0 Å². The molecule has 2 aliphatic carbocycles. The molecule has 2 aliphatic rings. The molecule has 1 heteroatoms. The molecule has 2 atom stereocenters. The van der Waals surface area contributed by atoms with E-state index in [0.717, 1.165) is 17.9 Å². The molecule has 1 nitrogen and oxygen atoms in total. The predicted molar refractivity (Wildman–Crippen MR) is 52.1 cm³/mol. The van der Waals surface area contributed by atoms with Gasteiger partial charge in [-0.2, -0.15) is 0 Å². The number of rotatable bonds is 3. The molecular weight excluding hydrogens is 146 g/mol. The Hall–Kier alpha value is -0.0400. The Morgan fingerprint density at radius 1 is 1.08 bits per heavy atom. The summed E-state index contributed by atoms with van der Waals surface area (Å²) in [4.78, 5) is 0. The molecule has 0 aromatic carbocycles. The molecular formula is C11H21N. The Balaban J connectivity index is 1.76. The first kappa shape index (κ1) is 8.55. The molecule has 2 fully saturated rings. The van der Waals surface area contributed by atoms with Gasteiger partial charge in [0.2, 0.25) is 0 Å². The van der Waals surface area contributed by atoms with Crippen LogP contribution in [0.25, 0.3) is 0 Å². The summed E-state index contributed by atoms with van der Waals surface area (Å²) in [6.45, 7) is 4.52. The first-order chi connectivity index (χ1) is 5.77. The molecule has 0 spiro atoms. The zero-order valence-corrected chi connectivity index (χ0v) is 8.34. The van der Waals surface area contributed by atoms with Gasteiger partial charge in [0.05, 0.1) is 0 Å². The number of nitrogens with one attached hydrogen (secondary N) is 1. The van der Waals surface area contributed by atoms with Gasteiger partial charge in [-0.15, -0.1) is 0 Å². The second-order valence-corrected chi connectivity index (χ2v) is 4.86. The lowest BCUT2D eigenvalue weighted by Gasteiger charge is -2.46. The van der Waals surface area contributed by atoms with Gasteiger partial charge in [0.1, 0.15) is 0 Å². The second-order valence-electron chi connectivity index (χ2n) is 4.86. The van der Waals surface area contributed by atoms with Crippen molar-refractivity contribution in [2.24, 2.45) is 11.8 Å². The molecule has 0 heterocycles. The quantitative estimate of drug-likeness (QED) is 0.681. The summed E-state index contributed by atoms with van der Waals surface area (Å²) in [6.07, 6.45) is 7.45. The maximum absolute atomic E-state index is 3.68. The molecule has 0 radical (unpaired) electrons. The number of hydrogen-bond donors (Lipinski definition) is 1. The highest BCUT2D eigenvalue weighted by Crippen LogP contribution is 2.43. The van der Waals surface area contributed by atoms with Crippen molar-refractivity contribution in [1.82, 2.24) is 5.32 Å². The van der Waals surface area contributed by atoms with E-state index in [9.17, 15) is 0 Å². The summed E-state index contributed by atoms with van der Waals surface area (Å²) in [5.41, 5.74) is 0. The minimum Gasteiger partial charge on any atom is -0.311 e. The highest BCUT2D eigenvalue weighted by molar-refractivity contribution is 4.94. The van der Waals surface area contributed by atoms with Crippen molar-refractivity contribution < 1.29 is 0 Å². The molecule has 12 heavy (non-hydrogen) atoms. The number of hydrogen-bond acceptors (Lipinski definition) is 1. The Bertz CT molecular complexity index is 149. The fourth-order valence-electron chi connectivity index (χ4n) is 2.59. The summed E-state index contributed by atoms with van der Waals surface area (Å²) in [5, 5.41) is 3.68. The summed E-state index contributed by atoms with van der Waals surface area (Å²) < 4.78 is 0. The molecule has 70 valence electrons. The van der Waals surface area contributed by atoms with E-state index in [2.05, 4.69) is 19.2 Å². The van der Waals surface area contributed by atoms with Crippen LogP contribution in [0, 0.1) is 11.8 Å². The van der Waals surface area contributed by atoms with Crippen LogP contribution in [-0.4, -0.2) is 12.1 Å². The van der Waals surface area contributed by atoms with Crippen molar-refractivity contribution in [2.75, 3.05) is 0 Å². The van der Waals surface area contributed by atoms with Crippen molar-refractivity contribution in [3.05, 3.63) is 0 Å². The van der Waals surface area contributed by atoms with Crippen molar-refractivity contribution in [3.63, 3.8) is 0 Å². The predicted octanol–water partition coefficient (Wildman–Crippen LogP) is 2.56. The van der Waals surface area contributed by atoms with E-state index in [1.807, 2.05) is 0 Å². The lowest BCUT2D eigenvalue weighted by molar-refractivity contribution is 0.0777. The van der Waals surface area contributed by atoms with Crippen molar-refractivity contribution in [2.45, 2.75) is 58.0 Å². The maximum atomic E-state index is 3.68. The largest absolute Gasteiger partial charge is 0.311 e. The van der Waals surface area contributed by atoms with E-state index in [0.29, 0.717) is 6.04 Å². The van der Waals surface area contributed by atoms with E-state index < -0.39 is 0 Å². The lowest BCUT2D eigenvalue weighted by atomic mass is 9.64. The van der Waals surface area contributed by atoms with Gasteiger partial charge in [-0.25, -0.2) is 0 Å². The fraction of sp³-hybridized carbons (Fsp3) is 1.00. The minimum atomic E-state index is 0.679. The average molecular weight is 167 g/mol. The highest BCUT2D eigenvalue weighted by atomic mass is 15.0. The molecule has 2 rings (SSSR count). The third-order valence-corrected chi connectivity index (χ3v) is 3.63. The zero-order valence-electron chi connectivity index (χ0n) is 8.34. The SMILES string of the molecule is CC(C)NC1CCC1C1CCC1. The molecule has 2 saturated carbocycles. The highest BCUT2D eigenvalue weighted by Gasteiger charge is 2.39. The van der Waals surface area contributed by atoms with Crippen LogP contribution >= 0.6 is 0 Å². The van der Waals surface area contributed by atoms with Gasteiger partial charge in [0, 0.05) is 12.1 Å². The van der Waals surface area contributed by atoms with Crippen LogP contribution in [0.2, 0.25) is 0 Å². The third kappa shape index (κ3) is 1.52. The molecule has 1 N–H and O–H groups in total. The molecule has 0 bridgehead atoms. The van der Waals surface area contributed by atoms with Gasteiger partial charge in [-0.05, 0) is 24.7 Å². The monoisotopic (exact) mass is 167 g/mol. The smallest absolute Gasteiger partial charge is 0.0100 e. The second kappa shape index (κ2) is 3.37. The Morgan fingerprint density at radius 3 is 2.17 bits per heavy atom. The van der Waals surface area contributed by atoms with E-state index >= 15 is 0 Å². The van der Waals surface area contributed by atoms with E-state index in [1.54, 1.807) is 0 Å². The summed E-state index contributed by atoms with van der Waals surface area (Å²) in [6, 6.07) is 1.55. The van der Waals surface area contributed by atoms with E-state index in [4.69, 9.17) is 0 Å². The first-order valence-electron chi connectivity index (χ1n) is 5.53. The molecule has 0 aromatic rings. The van der Waals surface area contributed by atoms with E-state index in [1.165, 1.54) is 32.1 Å². The molecule has 0 amide bonds. The van der Waals surface area contributed by atoms with Crippen LogP contribution in [0.4, 0.5) is 0 Å². The fourth-order valence-corrected chi connectivity index (χ4v) is 2.59. The molecule has 0 aromatic heterocycles. The van der Waals surface area contributed by atoms with Crippen LogP contribution in [0.5, 0.6) is 0 Å². The van der Waals surface area contributed by atoms with Crippen LogP contribution < -0.4 is 5.32 Å². The Morgan fingerprint density at radius 2 is 1.83 bits per heavy atom. The lowest BCUT2D eigenvalue weighted by Crippen LogP contribution is -2.50. The average Bonchev–Trinajstić information content (AvgIpc) is 1.89. The summed E-state index contributed by atoms with van der Waals surface area (Å²) in [5.74, 6) is 2.14. The normalized spacial score (nSPS) is 36.2. The zero-order chi connectivity index (χ0) is 8.55. The van der Waals surface area contributed by atoms with Crippen LogP contribution in [-0.2, 0) is 0 Å². The van der Waals surface area contributed by atoms with Crippen molar-refractivity contribution in [1.29, 1.82) is 0 Å². The molecule has 0 saturated heterocycles. The van der Waals surface area contributed by atoms with Crippen molar-refractivity contribution in [3.8, 4) is 0 Å². The Kier molecular flexibility index (Phi) is 2.40. The van der Waals surface area contributed by atoms with Gasteiger partial charge in [0.15, 0.2) is 0 Å². The molecule has 2 unspecified atom stereocenters. The topological polar surface area (TPSA) is 12.0 Å². The summed E-state index contributed by atoms with van der Waals surface area (Å²) >= 11 is 0. The first-order valence-corrected chi connectivity index (χ1v) is 5.53. The van der Waals surface area contributed by atoms with Gasteiger partial charge in [-0.3, -0.25) is 0 Å². The molecule has 0 aliphatic heterocycles. The van der Waals surface area contributed by atoms with E-state index in [-0.39, 0.29) is 0 Å². The minimum absolute atomic E-state index is 0.679. The summed E-state index contributed by atoms with van der Waals surface area (Å²) in [7, 11) is 0.